The number of nitrogens with one attached hydrogen (secondary N) is 1. The molecule has 3 rings (SSSR count). The van der Waals surface area contributed by atoms with Crippen LogP contribution in [0.3, 0.4) is 0 Å². The zero-order chi connectivity index (χ0) is 17.1. The molecule has 2 atom stereocenters. The smallest absolute Gasteiger partial charge is 0.231 e. The molecule has 1 aromatic heterocycles. The number of Topliss-reactive ketones (excluding diaryl/α,β-unsaturated/α-hetero) is 1. The molecule has 0 aliphatic heterocycles. The van der Waals surface area contributed by atoms with E-state index in [0.29, 0.717) is 23.6 Å². The molecular weight excluding hydrogens is 372 g/mol. The predicted octanol–water partition coefficient (Wildman–Crippen LogP) is 4.37. The number of benzene rings is 1. The summed E-state index contributed by atoms with van der Waals surface area (Å²) in [5.74, 6) is -0.417. The van der Waals surface area contributed by atoms with Crippen molar-refractivity contribution in [2.45, 2.75) is 32.6 Å². The van der Waals surface area contributed by atoms with Gasteiger partial charge in [-0.1, -0.05) is 46.1 Å². The number of hydrogen-bond acceptors (Lipinski definition) is 4. The summed E-state index contributed by atoms with van der Waals surface area (Å²) in [5.41, 5.74) is 1.36. The van der Waals surface area contributed by atoms with E-state index < -0.39 is 0 Å². The maximum absolute atomic E-state index is 12.9. The van der Waals surface area contributed by atoms with E-state index in [0.717, 1.165) is 23.7 Å². The number of aryl methyl sites for hydroxylation is 1. The summed E-state index contributed by atoms with van der Waals surface area (Å²) in [6, 6.07) is 8.97. The van der Waals surface area contributed by atoms with Gasteiger partial charge in [0.1, 0.15) is 0 Å². The Kier molecular flexibility index (Phi) is 5.14. The molecule has 0 spiro atoms. The number of carbonyl (C=O) groups excluding carboxylic acids is 2. The zero-order valence-electron chi connectivity index (χ0n) is 13.4. The Morgan fingerprint density at radius 2 is 1.83 bits per heavy atom. The van der Waals surface area contributed by atoms with Gasteiger partial charge in [-0.15, -0.1) is 0 Å². The number of nitrogens with zero attached hydrogens (tertiary/aromatic N) is 1. The Bertz CT molecular complexity index is 739. The minimum absolute atomic E-state index is 0.0381. The third-order valence-corrected chi connectivity index (χ3v) is 4.97. The van der Waals surface area contributed by atoms with Gasteiger partial charge >= 0.3 is 0 Å². The van der Waals surface area contributed by atoms with E-state index in [4.69, 9.17) is 4.52 Å². The van der Waals surface area contributed by atoms with Crippen molar-refractivity contribution in [2.24, 2.45) is 11.8 Å². The second-order valence-electron chi connectivity index (χ2n) is 6.19. The largest absolute Gasteiger partial charge is 0.338 e. The van der Waals surface area contributed by atoms with Gasteiger partial charge in [0.05, 0.1) is 5.69 Å². The SMILES string of the molecule is Cc1cc(NC(=O)[C@H]2CCCC[C@@H]2C(=O)c2ccc(Br)cc2)on1. The average Bonchev–Trinajstić information content (AvgIpc) is 3.00. The van der Waals surface area contributed by atoms with Gasteiger partial charge in [-0.2, -0.15) is 0 Å². The first-order valence-electron chi connectivity index (χ1n) is 8.08. The highest BCUT2D eigenvalue weighted by Gasteiger charge is 2.36. The van der Waals surface area contributed by atoms with Gasteiger partial charge in [-0.05, 0) is 31.9 Å². The van der Waals surface area contributed by atoms with Gasteiger partial charge in [0.2, 0.25) is 11.8 Å². The second kappa shape index (κ2) is 7.30. The highest BCUT2D eigenvalue weighted by molar-refractivity contribution is 9.10. The van der Waals surface area contributed by atoms with E-state index in [1.165, 1.54) is 0 Å². The van der Waals surface area contributed by atoms with Crippen molar-refractivity contribution in [3.63, 3.8) is 0 Å². The van der Waals surface area contributed by atoms with Gasteiger partial charge in [0.25, 0.3) is 0 Å². The van der Waals surface area contributed by atoms with E-state index in [9.17, 15) is 9.59 Å². The van der Waals surface area contributed by atoms with Crippen molar-refractivity contribution in [3.05, 3.63) is 46.1 Å². The first kappa shape index (κ1) is 16.9. The molecule has 1 N–H and O–H groups in total. The molecule has 1 heterocycles. The van der Waals surface area contributed by atoms with Crippen molar-refractivity contribution >= 4 is 33.5 Å². The van der Waals surface area contributed by atoms with E-state index in [-0.39, 0.29) is 23.5 Å². The van der Waals surface area contributed by atoms with Crippen molar-refractivity contribution in [1.82, 2.24) is 5.16 Å². The highest BCUT2D eigenvalue weighted by Crippen LogP contribution is 2.33. The summed E-state index contributed by atoms with van der Waals surface area (Å²) in [7, 11) is 0. The number of ketones is 1. The van der Waals surface area contributed by atoms with Crippen LogP contribution in [0.1, 0.15) is 41.7 Å². The highest BCUT2D eigenvalue weighted by atomic mass is 79.9. The lowest BCUT2D eigenvalue weighted by atomic mass is 9.75. The monoisotopic (exact) mass is 390 g/mol. The van der Waals surface area contributed by atoms with E-state index in [1.807, 2.05) is 12.1 Å². The van der Waals surface area contributed by atoms with Crippen LogP contribution in [0.2, 0.25) is 0 Å². The minimum Gasteiger partial charge on any atom is -0.338 e. The Hall–Kier alpha value is -1.95. The summed E-state index contributed by atoms with van der Waals surface area (Å²) in [4.78, 5) is 25.5. The molecule has 1 amide bonds. The van der Waals surface area contributed by atoms with Gasteiger partial charge in [-0.25, -0.2) is 0 Å². The topological polar surface area (TPSA) is 72.2 Å². The van der Waals surface area contributed by atoms with Crippen LogP contribution in [-0.4, -0.2) is 16.8 Å². The molecule has 0 saturated heterocycles. The van der Waals surface area contributed by atoms with Crippen molar-refractivity contribution in [2.75, 3.05) is 5.32 Å². The summed E-state index contributed by atoms with van der Waals surface area (Å²) in [6.07, 6.45) is 3.38. The van der Waals surface area contributed by atoms with E-state index >= 15 is 0 Å². The quantitative estimate of drug-likeness (QED) is 0.786. The lowest BCUT2D eigenvalue weighted by Crippen LogP contribution is -2.36. The van der Waals surface area contributed by atoms with Crippen LogP contribution in [0.25, 0.3) is 0 Å². The number of amides is 1. The molecule has 1 aromatic carbocycles. The molecule has 2 aromatic rings. The van der Waals surface area contributed by atoms with E-state index in [2.05, 4.69) is 26.4 Å². The molecule has 1 saturated carbocycles. The standard InChI is InChI=1S/C18H19BrN2O3/c1-11-10-16(24-21-11)20-18(23)15-5-3-2-4-14(15)17(22)12-6-8-13(19)9-7-12/h6-10,14-15H,2-5H2,1H3,(H,20,23)/t14-,15-/m0/s1. The Balaban J connectivity index is 1.76. The van der Waals surface area contributed by atoms with Crippen LogP contribution in [0.15, 0.2) is 39.3 Å². The summed E-state index contributed by atoms with van der Waals surface area (Å²) in [5, 5.41) is 6.51. The molecule has 0 unspecified atom stereocenters. The number of rotatable bonds is 4. The Labute approximate surface area is 148 Å². The predicted molar refractivity (Wildman–Crippen MR) is 93.8 cm³/mol. The third kappa shape index (κ3) is 3.75. The molecule has 1 fully saturated rings. The Morgan fingerprint density at radius 3 is 2.46 bits per heavy atom. The van der Waals surface area contributed by atoms with E-state index in [1.54, 1.807) is 25.1 Å². The number of hydrogen-bond donors (Lipinski definition) is 1. The van der Waals surface area contributed by atoms with Crippen molar-refractivity contribution in [3.8, 4) is 0 Å². The maximum atomic E-state index is 12.9. The van der Waals surface area contributed by atoms with Crippen LogP contribution in [0.5, 0.6) is 0 Å². The summed E-state index contributed by atoms with van der Waals surface area (Å²) in [6.45, 7) is 1.79. The fourth-order valence-corrected chi connectivity index (χ4v) is 3.49. The number of carbonyl (C=O) groups is 2. The first-order valence-corrected chi connectivity index (χ1v) is 8.88. The normalized spacial score (nSPS) is 20.6. The molecule has 5 nitrogen and oxygen atoms in total. The van der Waals surface area contributed by atoms with Gasteiger partial charge in [-0.3, -0.25) is 14.9 Å². The first-order chi connectivity index (χ1) is 11.5. The molecule has 0 bridgehead atoms. The molecule has 0 radical (unpaired) electrons. The second-order valence-corrected chi connectivity index (χ2v) is 7.11. The number of halogens is 1. The van der Waals surface area contributed by atoms with Crippen molar-refractivity contribution < 1.29 is 14.1 Å². The van der Waals surface area contributed by atoms with Crippen LogP contribution in [0, 0.1) is 18.8 Å². The lowest BCUT2D eigenvalue weighted by molar-refractivity contribution is -0.122. The minimum atomic E-state index is -0.333. The fourth-order valence-electron chi connectivity index (χ4n) is 3.22. The number of aromatic nitrogens is 1. The van der Waals surface area contributed by atoms with Gasteiger partial charge in [0, 0.05) is 27.9 Å². The Morgan fingerprint density at radius 1 is 1.17 bits per heavy atom. The molecule has 24 heavy (non-hydrogen) atoms. The summed E-state index contributed by atoms with van der Waals surface area (Å²) >= 11 is 3.37. The maximum Gasteiger partial charge on any atom is 0.231 e. The molecule has 1 aliphatic carbocycles. The van der Waals surface area contributed by atoms with Crippen LogP contribution in [-0.2, 0) is 4.79 Å². The summed E-state index contributed by atoms with van der Waals surface area (Å²) < 4.78 is 5.98. The van der Waals surface area contributed by atoms with Crippen LogP contribution in [0.4, 0.5) is 5.88 Å². The molecule has 6 heteroatoms. The lowest BCUT2D eigenvalue weighted by Gasteiger charge is -2.29. The van der Waals surface area contributed by atoms with Crippen LogP contribution < -0.4 is 5.32 Å². The zero-order valence-corrected chi connectivity index (χ0v) is 15.0. The molecular formula is C18H19BrN2O3. The van der Waals surface area contributed by atoms with Crippen LogP contribution >= 0.6 is 15.9 Å². The van der Waals surface area contributed by atoms with Gasteiger partial charge in [0.15, 0.2) is 5.78 Å². The average molecular weight is 391 g/mol. The fraction of sp³-hybridized carbons (Fsp3) is 0.389. The third-order valence-electron chi connectivity index (χ3n) is 4.44. The number of anilines is 1. The molecule has 1 aliphatic rings. The molecule has 126 valence electrons. The van der Waals surface area contributed by atoms with Gasteiger partial charge < -0.3 is 4.52 Å². The van der Waals surface area contributed by atoms with Crippen molar-refractivity contribution in [1.29, 1.82) is 0 Å².